The second-order valence-electron chi connectivity index (χ2n) is 3.59. The van der Waals surface area contributed by atoms with Gasteiger partial charge in [0, 0.05) is 5.57 Å². The zero-order valence-corrected chi connectivity index (χ0v) is 10.4. The van der Waals surface area contributed by atoms with Gasteiger partial charge in [0.2, 0.25) is 0 Å². The lowest BCUT2D eigenvalue weighted by atomic mass is 10.0. The number of hydrogen-bond donors (Lipinski definition) is 1. The average molecular weight is 267 g/mol. The monoisotopic (exact) mass is 266 g/mol. The summed E-state index contributed by atoms with van der Waals surface area (Å²) in [4.78, 5) is 0. The lowest BCUT2D eigenvalue weighted by Crippen LogP contribution is -2.15. The minimum atomic E-state index is -0.708. The third-order valence-corrected chi connectivity index (χ3v) is 3.01. The summed E-state index contributed by atoms with van der Waals surface area (Å²) in [5.41, 5.74) is 1.60. The summed E-state index contributed by atoms with van der Waals surface area (Å²) in [7, 11) is 0. The van der Waals surface area contributed by atoms with Gasteiger partial charge in [0.1, 0.15) is 5.69 Å². The highest BCUT2D eigenvalue weighted by atomic mass is 35.5. The Morgan fingerprint density at radius 2 is 1.88 bits per heavy atom. The predicted molar refractivity (Wildman–Crippen MR) is 70.6 cm³/mol. The van der Waals surface area contributed by atoms with Crippen molar-refractivity contribution in [3.05, 3.63) is 64.3 Å². The van der Waals surface area contributed by atoms with Gasteiger partial charge in [0.15, 0.2) is 0 Å². The number of aliphatic hydroxyl groups is 1. The van der Waals surface area contributed by atoms with Crippen molar-refractivity contribution in [1.82, 2.24) is 5.32 Å². The Hall–Kier alpha value is -1.22. The first kappa shape index (κ1) is 12.2. The topological polar surface area (TPSA) is 34.3 Å². The lowest BCUT2D eigenvalue weighted by Gasteiger charge is -2.17. The van der Waals surface area contributed by atoms with Crippen molar-refractivity contribution < 1.29 is 5.11 Å². The number of aliphatic hydroxyl groups excluding tert-OH is 1. The number of allylic oxidation sites excluding steroid dienone is 2. The molecule has 1 N–H and O–H groups in total. The van der Waals surface area contributed by atoms with E-state index >= 15 is 0 Å². The quantitative estimate of drug-likeness (QED) is 0.872. The molecular formula is C13H10Cl2NO. The van der Waals surface area contributed by atoms with Crippen LogP contribution in [0.2, 0.25) is 10.0 Å². The van der Waals surface area contributed by atoms with E-state index in [-0.39, 0.29) is 0 Å². The van der Waals surface area contributed by atoms with Crippen molar-refractivity contribution in [3.8, 4) is 0 Å². The molecule has 1 aliphatic rings. The molecule has 0 saturated heterocycles. The summed E-state index contributed by atoms with van der Waals surface area (Å²) < 4.78 is 0. The van der Waals surface area contributed by atoms with E-state index in [9.17, 15) is 5.11 Å². The Kier molecular flexibility index (Phi) is 3.57. The predicted octanol–water partition coefficient (Wildman–Crippen LogP) is 3.60. The summed E-state index contributed by atoms with van der Waals surface area (Å²) in [6, 6.07) is 5.18. The van der Waals surface area contributed by atoms with Crippen LogP contribution in [0.3, 0.4) is 0 Å². The summed E-state index contributed by atoms with van der Waals surface area (Å²) in [6.07, 6.45) is 4.41. The van der Waals surface area contributed by atoms with Crippen molar-refractivity contribution in [1.29, 1.82) is 0 Å². The van der Waals surface area contributed by atoms with Crippen molar-refractivity contribution in [2.75, 3.05) is 0 Å². The molecular weight excluding hydrogens is 257 g/mol. The number of nitrogens with zero attached hydrogens (tertiary/aromatic N) is 1. The normalized spacial score (nSPS) is 19.1. The van der Waals surface area contributed by atoms with Crippen molar-refractivity contribution in [2.24, 2.45) is 0 Å². The molecule has 1 atom stereocenters. The Labute approximate surface area is 110 Å². The molecule has 1 radical (unpaired) electrons. The molecule has 1 aromatic rings. The lowest BCUT2D eigenvalue weighted by molar-refractivity contribution is 0.260. The molecule has 17 heavy (non-hydrogen) atoms. The molecule has 2 nitrogen and oxygen atoms in total. The third-order valence-electron chi connectivity index (χ3n) is 2.40. The van der Waals surface area contributed by atoms with Gasteiger partial charge in [-0.2, -0.15) is 0 Å². The molecule has 0 aliphatic heterocycles. The van der Waals surface area contributed by atoms with Crippen LogP contribution in [0.25, 0.3) is 0 Å². The van der Waals surface area contributed by atoms with E-state index in [2.05, 4.69) is 11.9 Å². The van der Waals surface area contributed by atoms with Crippen molar-refractivity contribution in [3.63, 3.8) is 0 Å². The minimum absolute atomic E-state index is 0.468. The van der Waals surface area contributed by atoms with Gasteiger partial charge in [-0.15, -0.1) is 0 Å². The van der Waals surface area contributed by atoms with Crippen LogP contribution in [0.1, 0.15) is 0 Å². The van der Waals surface area contributed by atoms with Gasteiger partial charge in [-0.05, 0) is 18.2 Å². The maximum absolute atomic E-state index is 9.61. The first-order valence-corrected chi connectivity index (χ1v) is 5.76. The van der Waals surface area contributed by atoms with Crippen LogP contribution in [0.15, 0.2) is 54.3 Å². The number of rotatable bonds is 2. The van der Waals surface area contributed by atoms with E-state index in [0.29, 0.717) is 27.0 Å². The van der Waals surface area contributed by atoms with Gasteiger partial charge in [-0.25, -0.2) is 5.32 Å². The molecule has 0 spiro atoms. The summed E-state index contributed by atoms with van der Waals surface area (Å²) in [5, 5.41) is 14.9. The van der Waals surface area contributed by atoms with Crippen LogP contribution in [0, 0.1) is 0 Å². The van der Waals surface area contributed by atoms with Crippen molar-refractivity contribution in [2.45, 2.75) is 6.10 Å². The Bertz CT molecular complexity index is 500. The van der Waals surface area contributed by atoms with E-state index in [4.69, 9.17) is 23.2 Å². The SMILES string of the molecule is C=C1C([N]c2c(Cl)cccc2Cl)=CC=CC1O. The molecule has 1 aliphatic carbocycles. The van der Waals surface area contributed by atoms with Crippen molar-refractivity contribution >= 4 is 28.9 Å². The largest absolute Gasteiger partial charge is 0.384 e. The smallest absolute Gasteiger partial charge is 0.101 e. The zero-order valence-electron chi connectivity index (χ0n) is 8.90. The summed E-state index contributed by atoms with van der Waals surface area (Å²) in [6.45, 7) is 3.78. The van der Waals surface area contributed by atoms with E-state index in [1.807, 2.05) is 0 Å². The molecule has 0 bridgehead atoms. The molecule has 0 aromatic heterocycles. The minimum Gasteiger partial charge on any atom is -0.384 e. The highest BCUT2D eigenvalue weighted by Crippen LogP contribution is 2.33. The number of para-hydroxylation sites is 1. The fourth-order valence-corrected chi connectivity index (χ4v) is 1.93. The highest BCUT2D eigenvalue weighted by molar-refractivity contribution is 6.38. The molecule has 1 unspecified atom stereocenters. The maximum Gasteiger partial charge on any atom is 0.101 e. The first-order valence-electron chi connectivity index (χ1n) is 5.01. The van der Waals surface area contributed by atoms with Crippen LogP contribution >= 0.6 is 23.2 Å². The Balaban J connectivity index is 2.30. The average Bonchev–Trinajstić information content (AvgIpc) is 2.29. The second-order valence-corrected chi connectivity index (χ2v) is 4.40. The van der Waals surface area contributed by atoms with Gasteiger partial charge in [0.25, 0.3) is 0 Å². The molecule has 0 fully saturated rings. The molecule has 4 heteroatoms. The molecule has 0 heterocycles. The van der Waals surface area contributed by atoms with Crippen LogP contribution in [-0.2, 0) is 0 Å². The Morgan fingerprint density at radius 3 is 2.53 bits per heavy atom. The van der Waals surface area contributed by atoms with Crippen LogP contribution in [-0.4, -0.2) is 11.2 Å². The fourth-order valence-electron chi connectivity index (χ4n) is 1.45. The van der Waals surface area contributed by atoms with Gasteiger partial charge in [-0.1, -0.05) is 48.0 Å². The van der Waals surface area contributed by atoms with E-state index in [1.165, 1.54) is 0 Å². The standard InChI is InChI=1S/C13H10Cl2NO/c1-8-11(6-3-7-12(8)17)16-13-9(14)4-2-5-10(13)15/h2-7,12,17H,1H2. The molecule has 0 saturated carbocycles. The van der Waals surface area contributed by atoms with Gasteiger partial charge in [0.05, 0.1) is 21.8 Å². The van der Waals surface area contributed by atoms with Gasteiger partial charge in [-0.3, -0.25) is 0 Å². The zero-order chi connectivity index (χ0) is 12.4. The van der Waals surface area contributed by atoms with Crippen LogP contribution in [0.4, 0.5) is 5.69 Å². The molecule has 1 aromatic carbocycles. The summed E-state index contributed by atoms with van der Waals surface area (Å²) >= 11 is 12.0. The number of halogens is 2. The number of hydrogen-bond acceptors (Lipinski definition) is 1. The summed E-state index contributed by atoms with van der Waals surface area (Å²) in [5.74, 6) is 0. The Morgan fingerprint density at radius 1 is 1.24 bits per heavy atom. The highest BCUT2D eigenvalue weighted by Gasteiger charge is 2.17. The van der Waals surface area contributed by atoms with E-state index in [0.717, 1.165) is 0 Å². The first-order chi connectivity index (χ1) is 8.09. The third kappa shape index (κ3) is 2.55. The molecule has 87 valence electrons. The molecule has 0 amide bonds. The molecule has 2 rings (SSSR count). The van der Waals surface area contributed by atoms with Gasteiger partial charge < -0.3 is 5.11 Å². The fraction of sp³-hybridized carbons (Fsp3) is 0.0769. The second kappa shape index (κ2) is 4.96. The van der Waals surface area contributed by atoms with E-state index in [1.54, 1.807) is 36.4 Å². The van der Waals surface area contributed by atoms with Crippen LogP contribution < -0.4 is 5.32 Å². The van der Waals surface area contributed by atoms with Crippen LogP contribution in [0.5, 0.6) is 0 Å². The maximum atomic E-state index is 9.61. The van der Waals surface area contributed by atoms with E-state index < -0.39 is 6.10 Å². The van der Waals surface area contributed by atoms with Gasteiger partial charge >= 0.3 is 0 Å². The number of benzene rings is 1.